The zero-order valence-corrected chi connectivity index (χ0v) is 13.6. The molecule has 6 nitrogen and oxygen atoms in total. The molecule has 0 heterocycles. The Hall–Kier alpha value is -3.02. The Labute approximate surface area is 140 Å². The maximum absolute atomic E-state index is 11.9. The second kappa shape index (κ2) is 8.57. The van der Waals surface area contributed by atoms with Crippen LogP contribution in [0.3, 0.4) is 0 Å². The Kier molecular flexibility index (Phi) is 6.19. The van der Waals surface area contributed by atoms with Gasteiger partial charge in [0.25, 0.3) is 5.91 Å². The van der Waals surface area contributed by atoms with Crippen LogP contribution in [-0.2, 0) is 16.1 Å². The van der Waals surface area contributed by atoms with Gasteiger partial charge >= 0.3 is 5.97 Å². The Bertz CT molecular complexity index is 714. The van der Waals surface area contributed by atoms with E-state index in [1.54, 1.807) is 25.3 Å². The Morgan fingerprint density at radius 1 is 1.04 bits per heavy atom. The molecule has 0 fully saturated rings. The van der Waals surface area contributed by atoms with Crippen LogP contribution >= 0.6 is 0 Å². The molecule has 0 saturated carbocycles. The molecule has 2 aromatic rings. The van der Waals surface area contributed by atoms with E-state index in [0.717, 1.165) is 5.56 Å². The van der Waals surface area contributed by atoms with E-state index in [1.807, 2.05) is 24.3 Å². The van der Waals surface area contributed by atoms with Gasteiger partial charge < -0.3 is 19.5 Å². The van der Waals surface area contributed by atoms with Gasteiger partial charge in [-0.25, -0.2) is 4.79 Å². The van der Waals surface area contributed by atoms with E-state index in [0.29, 0.717) is 23.6 Å². The second-order valence-corrected chi connectivity index (χ2v) is 4.90. The quantitative estimate of drug-likeness (QED) is 0.788. The third-order valence-corrected chi connectivity index (χ3v) is 3.29. The number of carbonyl (C=O) groups is 2. The number of methoxy groups -OCH3 is 2. The maximum Gasteiger partial charge on any atom is 0.337 e. The van der Waals surface area contributed by atoms with E-state index in [9.17, 15) is 9.59 Å². The molecular weight excluding hydrogens is 310 g/mol. The molecule has 1 amide bonds. The minimum Gasteiger partial charge on any atom is -0.496 e. The van der Waals surface area contributed by atoms with Gasteiger partial charge in [-0.2, -0.15) is 0 Å². The van der Waals surface area contributed by atoms with E-state index < -0.39 is 5.97 Å². The SMILES string of the molecule is COC(=O)c1cccc(OCC(=O)NCc2ccccc2OC)c1. The molecule has 0 spiro atoms. The normalized spacial score (nSPS) is 9.92. The van der Waals surface area contributed by atoms with Gasteiger partial charge in [-0.1, -0.05) is 24.3 Å². The van der Waals surface area contributed by atoms with E-state index in [1.165, 1.54) is 13.2 Å². The molecule has 0 saturated heterocycles. The highest BCUT2D eigenvalue weighted by Crippen LogP contribution is 2.17. The summed E-state index contributed by atoms with van der Waals surface area (Å²) in [5.41, 5.74) is 1.24. The van der Waals surface area contributed by atoms with Gasteiger partial charge in [0.2, 0.25) is 0 Å². The van der Waals surface area contributed by atoms with E-state index in [4.69, 9.17) is 9.47 Å². The van der Waals surface area contributed by atoms with Crippen molar-refractivity contribution in [2.75, 3.05) is 20.8 Å². The first-order valence-electron chi connectivity index (χ1n) is 7.34. The van der Waals surface area contributed by atoms with Gasteiger partial charge in [-0.05, 0) is 24.3 Å². The van der Waals surface area contributed by atoms with Crippen LogP contribution in [0.2, 0.25) is 0 Å². The molecule has 126 valence electrons. The van der Waals surface area contributed by atoms with Crippen molar-refractivity contribution in [3.63, 3.8) is 0 Å². The van der Waals surface area contributed by atoms with E-state index in [-0.39, 0.29) is 12.5 Å². The summed E-state index contributed by atoms with van der Waals surface area (Å²) in [6.45, 7) is 0.189. The molecule has 0 aliphatic rings. The maximum atomic E-state index is 11.9. The molecule has 1 N–H and O–H groups in total. The molecule has 2 aromatic carbocycles. The van der Waals surface area contributed by atoms with Gasteiger partial charge in [0.15, 0.2) is 6.61 Å². The average Bonchev–Trinajstić information content (AvgIpc) is 2.64. The number of carbonyl (C=O) groups excluding carboxylic acids is 2. The van der Waals surface area contributed by atoms with Gasteiger partial charge in [0, 0.05) is 12.1 Å². The van der Waals surface area contributed by atoms with Gasteiger partial charge in [-0.3, -0.25) is 4.79 Å². The van der Waals surface area contributed by atoms with Crippen LogP contribution in [0.4, 0.5) is 0 Å². The first-order valence-corrected chi connectivity index (χ1v) is 7.34. The summed E-state index contributed by atoms with van der Waals surface area (Å²) in [4.78, 5) is 23.4. The number of amides is 1. The molecule has 0 unspecified atom stereocenters. The molecule has 0 aromatic heterocycles. The van der Waals surface area contributed by atoms with Gasteiger partial charge in [0.1, 0.15) is 11.5 Å². The summed E-state index contributed by atoms with van der Waals surface area (Å²) in [6.07, 6.45) is 0. The fourth-order valence-corrected chi connectivity index (χ4v) is 2.07. The molecular formula is C18H19NO5. The molecule has 0 atom stereocenters. The smallest absolute Gasteiger partial charge is 0.337 e. The van der Waals surface area contributed by atoms with Crippen molar-refractivity contribution in [2.45, 2.75) is 6.54 Å². The van der Waals surface area contributed by atoms with Crippen LogP contribution in [-0.4, -0.2) is 32.7 Å². The molecule has 0 aliphatic heterocycles. The summed E-state index contributed by atoms with van der Waals surface area (Å²) < 4.78 is 15.3. The number of benzene rings is 2. The summed E-state index contributed by atoms with van der Waals surface area (Å²) in [5, 5.41) is 2.76. The second-order valence-electron chi connectivity index (χ2n) is 4.90. The lowest BCUT2D eigenvalue weighted by atomic mass is 10.2. The molecule has 0 bridgehead atoms. The average molecular weight is 329 g/mol. The van der Waals surface area contributed by atoms with Gasteiger partial charge in [-0.15, -0.1) is 0 Å². The van der Waals surface area contributed by atoms with Crippen LogP contribution in [0, 0.1) is 0 Å². The Morgan fingerprint density at radius 3 is 2.58 bits per heavy atom. The summed E-state index contributed by atoms with van der Waals surface area (Å²) in [5.74, 6) is 0.403. The van der Waals surface area contributed by atoms with E-state index in [2.05, 4.69) is 10.1 Å². The van der Waals surface area contributed by atoms with Crippen LogP contribution in [0.1, 0.15) is 15.9 Å². The summed E-state index contributed by atoms with van der Waals surface area (Å²) in [6, 6.07) is 13.9. The zero-order valence-electron chi connectivity index (χ0n) is 13.6. The number of nitrogens with one attached hydrogen (secondary N) is 1. The van der Waals surface area contributed by atoms with Crippen molar-refractivity contribution in [1.29, 1.82) is 0 Å². The summed E-state index contributed by atoms with van der Waals surface area (Å²) in [7, 11) is 2.89. The number of ether oxygens (including phenoxy) is 3. The minimum atomic E-state index is -0.457. The summed E-state index contributed by atoms with van der Waals surface area (Å²) >= 11 is 0. The molecule has 0 aliphatic carbocycles. The van der Waals surface area contributed by atoms with Crippen molar-refractivity contribution in [1.82, 2.24) is 5.32 Å². The highest BCUT2D eigenvalue weighted by molar-refractivity contribution is 5.89. The lowest BCUT2D eigenvalue weighted by Crippen LogP contribution is -2.28. The van der Waals surface area contributed by atoms with Crippen LogP contribution in [0.25, 0.3) is 0 Å². The topological polar surface area (TPSA) is 73.9 Å². The Morgan fingerprint density at radius 2 is 1.83 bits per heavy atom. The molecule has 6 heteroatoms. The van der Waals surface area contributed by atoms with Crippen molar-refractivity contribution in [3.05, 3.63) is 59.7 Å². The van der Waals surface area contributed by atoms with Crippen molar-refractivity contribution >= 4 is 11.9 Å². The fraction of sp³-hybridized carbons (Fsp3) is 0.222. The first-order chi connectivity index (χ1) is 11.6. The van der Waals surface area contributed by atoms with E-state index >= 15 is 0 Å². The molecule has 2 rings (SSSR count). The third kappa shape index (κ3) is 4.74. The molecule has 24 heavy (non-hydrogen) atoms. The number of para-hydroxylation sites is 1. The highest BCUT2D eigenvalue weighted by atomic mass is 16.5. The first kappa shape index (κ1) is 17.3. The number of hydrogen-bond donors (Lipinski definition) is 1. The number of rotatable bonds is 7. The number of hydrogen-bond acceptors (Lipinski definition) is 5. The number of esters is 1. The standard InChI is InChI=1S/C18H19NO5/c1-22-16-9-4-3-6-14(16)11-19-17(20)12-24-15-8-5-7-13(10-15)18(21)23-2/h3-10H,11-12H2,1-2H3,(H,19,20). The lowest BCUT2D eigenvalue weighted by molar-refractivity contribution is -0.123. The van der Waals surface area contributed by atoms with Crippen LogP contribution in [0.5, 0.6) is 11.5 Å². The van der Waals surface area contributed by atoms with Crippen LogP contribution in [0.15, 0.2) is 48.5 Å². The Balaban J connectivity index is 1.86. The largest absolute Gasteiger partial charge is 0.496 e. The zero-order chi connectivity index (χ0) is 17.4. The van der Waals surface area contributed by atoms with Gasteiger partial charge in [0.05, 0.1) is 19.8 Å². The predicted molar refractivity (Wildman–Crippen MR) is 88.1 cm³/mol. The monoisotopic (exact) mass is 329 g/mol. The fourth-order valence-electron chi connectivity index (χ4n) is 2.07. The third-order valence-electron chi connectivity index (χ3n) is 3.29. The lowest BCUT2D eigenvalue weighted by Gasteiger charge is -2.10. The van der Waals surface area contributed by atoms with Crippen molar-refractivity contribution < 1.29 is 23.8 Å². The van der Waals surface area contributed by atoms with Crippen molar-refractivity contribution in [2.24, 2.45) is 0 Å². The highest BCUT2D eigenvalue weighted by Gasteiger charge is 2.08. The molecule has 0 radical (unpaired) electrons. The minimum absolute atomic E-state index is 0.153. The van der Waals surface area contributed by atoms with Crippen LogP contribution < -0.4 is 14.8 Å². The van der Waals surface area contributed by atoms with Crippen molar-refractivity contribution in [3.8, 4) is 11.5 Å². The predicted octanol–water partition coefficient (Wildman–Crippen LogP) is 2.18.